The number of ether oxygens (including phenoxy) is 1. The van der Waals surface area contributed by atoms with Crippen molar-refractivity contribution in [1.82, 2.24) is 15.3 Å². The van der Waals surface area contributed by atoms with Crippen molar-refractivity contribution in [2.75, 3.05) is 7.11 Å². The van der Waals surface area contributed by atoms with Crippen LogP contribution in [0.4, 0.5) is 0 Å². The fourth-order valence-corrected chi connectivity index (χ4v) is 6.52. The van der Waals surface area contributed by atoms with Gasteiger partial charge in [0.05, 0.1) is 24.3 Å². The number of benzene rings is 1. The number of pyridine rings is 2. The van der Waals surface area contributed by atoms with Gasteiger partial charge in [-0.25, -0.2) is 4.98 Å². The van der Waals surface area contributed by atoms with Crippen LogP contribution in [0.3, 0.4) is 0 Å². The summed E-state index contributed by atoms with van der Waals surface area (Å²) in [5.74, 6) is 2.46. The predicted molar refractivity (Wildman–Crippen MR) is 137 cm³/mol. The first-order valence-electron chi connectivity index (χ1n) is 13.1. The molecule has 1 aromatic carbocycles. The van der Waals surface area contributed by atoms with Crippen molar-refractivity contribution in [3.8, 4) is 17.0 Å². The number of aryl methyl sites for hydroxylation is 1. The highest BCUT2D eigenvalue weighted by Crippen LogP contribution is 2.46. The molecule has 7 nitrogen and oxygen atoms in total. The summed E-state index contributed by atoms with van der Waals surface area (Å²) in [5.41, 5.74) is 3.85. The maximum absolute atomic E-state index is 13.2. The summed E-state index contributed by atoms with van der Waals surface area (Å²) in [6.07, 6.45) is 10.3. The van der Waals surface area contributed by atoms with E-state index in [9.17, 15) is 15.0 Å². The molecule has 6 rings (SSSR count). The van der Waals surface area contributed by atoms with Gasteiger partial charge >= 0.3 is 0 Å². The number of aromatic nitrogens is 2. The third-order valence-electron chi connectivity index (χ3n) is 8.48. The van der Waals surface area contributed by atoms with Crippen LogP contribution in [0.5, 0.6) is 5.75 Å². The molecule has 3 fully saturated rings. The predicted octanol–water partition coefficient (Wildman–Crippen LogP) is 3.90. The van der Waals surface area contributed by atoms with Gasteiger partial charge in [-0.05, 0) is 74.3 Å². The smallest absolute Gasteiger partial charge is 0.188 e. The normalized spacial score (nSPS) is 29.2. The summed E-state index contributed by atoms with van der Waals surface area (Å²) in [6, 6.07) is 9.55. The van der Waals surface area contributed by atoms with Gasteiger partial charge in [-0.1, -0.05) is 24.3 Å². The van der Waals surface area contributed by atoms with E-state index in [1.165, 1.54) is 31.2 Å². The SMILES string of the molecule is COc1c(-c2ccc(CCC3CC4CCC(O)CC4C3)cc2)nc2ccncc2c1C(=O)C1NC1O. The summed E-state index contributed by atoms with van der Waals surface area (Å²) >= 11 is 0. The van der Waals surface area contributed by atoms with E-state index in [1.807, 2.05) is 0 Å². The van der Waals surface area contributed by atoms with Gasteiger partial charge < -0.3 is 14.9 Å². The molecule has 3 heterocycles. The molecule has 36 heavy (non-hydrogen) atoms. The Morgan fingerprint density at radius 2 is 1.86 bits per heavy atom. The quantitative estimate of drug-likeness (QED) is 0.342. The number of aliphatic hydroxyl groups is 2. The Morgan fingerprint density at radius 1 is 1.08 bits per heavy atom. The lowest BCUT2D eigenvalue weighted by atomic mass is 9.80. The Hall–Kier alpha value is -2.87. The molecule has 3 aliphatic rings. The standard InChI is InChI=1S/C29H33N3O4/c1-36-28-24(27(34)26-29(35)32-26)22-15-30-11-10-23(22)31-25(28)18-6-4-16(5-7-18)2-3-17-12-19-8-9-21(33)14-20(19)13-17/h4-7,10-11,15,17,19-21,26,29,32-33,35H,2-3,8-9,12-14H2,1H3. The van der Waals surface area contributed by atoms with E-state index in [0.29, 0.717) is 33.8 Å². The lowest BCUT2D eigenvalue weighted by Gasteiger charge is -2.28. The number of nitrogens with one attached hydrogen (secondary N) is 1. The van der Waals surface area contributed by atoms with Gasteiger partial charge in [0.2, 0.25) is 0 Å². The topological polar surface area (TPSA) is 114 Å². The molecular weight excluding hydrogens is 454 g/mol. The third-order valence-corrected chi connectivity index (χ3v) is 8.48. The minimum Gasteiger partial charge on any atom is -0.494 e. The number of carbonyl (C=O) groups excluding carboxylic acids is 1. The van der Waals surface area contributed by atoms with Gasteiger partial charge in [-0.2, -0.15) is 0 Å². The van der Waals surface area contributed by atoms with Crippen molar-refractivity contribution in [3.63, 3.8) is 0 Å². The average molecular weight is 488 g/mol. The number of nitrogens with zero attached hydrogens (tertiary/aromatic N) is 2. The van der Waals surface area contributed by atoms with E-state index in [2.05, 4.69) is 34.6 Å². The van der Waals surface area contributed by atoms with Gasteiger partial charge in [0.25, 0.3) is 0 Å². The second-order valence-electron chi connectivity index (χ2n) is 10.8. The molecule has 0 bridgehead atoms. The molecule has 1 aliphatic heterocycles. The highest BCUT2D eigenvalue weighted by atomic mass is 16.5. The first-order valence-corrected chi connectivity index (χ1v) is 13.1. The van der Waals surface area contributed by atoms with Crippen molar-refractivity contribution < 1.29 is 19.7 Å². The molecule has 2 aromatic heterocycles. The van der Waals surface area contributed by atoms with E-state index in [-0.39, 0.29) is 11.9 Å². The summed E-state index contributed by atoms with van der Waals surface area (Å²) < 4.78 is 5.73. The van der Waals surface area contributed by atoms with Crippen molar-refractivity contribution in [2.24, 2.45) is 17.8 Å². The first-order chi connectivity index (χ1) is 17.5. The van der Waals surface area contributed by atoms with Crippen LogP contribution >= 0.6 is 0 Å². The van der Waals surface area contributed by atoms with Crippen molar-refractivity contribution >= 4 is 16.7 Å². The largest absolute Gasteiger partial charge is 0.494 e. The van der Waals surface area contributed by atoms with Crippen LogP contribution in [0.15, 0.2) is 42.7 Å². The Kier molecular flexibility index (Phi) is 6.23. The van der Waals surface area contributed by atoms with Gasteiger partial charge in [0.15, 0.2) is 11.5 Å². The number of methoxy groups -OCH3 is 1. The number of hydrogen-bond donors (Lipinski definition) is 3. The van der Waals surface area contributed by atoms with Crippen LogP contribution in [-0.4, -0.2) is 51.4 Å². The minimum atomic E-state index is -0.835. The lowest BCUT2D eigenvalue weighted by molar-refractivity contribution is 0.0805. The van der Waals surface area contributed by atoms with Gasteiger partial charge in [-0.3, -0.25) is 15.1 Å². The number of ketones is 1. The van der Waals surface area contributed by atoms with Crippen LogP contribution in [0.25, 0.3) is 22.2 Å². The minimum absolute atomic E-state index is 0.0871. The molecule has 1 saturated heterocycles. The Balaban J connectivity index is 1.23. The number of hydrogen-bond acceptors (Lipinski definition) is 7. The number of carbonyl (C=O) groups is 1. The van der Waals surface area contributed by atoms with E-state index < -0.39 is 12.3 Å². The van der Waals surface area contributed by atoms with E-state index in [1.54, 1.807) is 25.6 Å². The fraction of sp³-hybridized carbons (Fsp3) is 0.483. The second kappa shape index (κ2) is 9.54. The van der Waals surface area contributed by atoms with Crippen LogP contribution in [0.2, 0.25) is 0 Å². The van der Waals surface area contributed by atoms with E-state index in [4.69, 9.17) is 9.72 Å². The van der Waals surface area contributed by atoms with Gasteiger partial charge in [0, 0.05) is 23.3 Å². The lowest BCUT2D eigenvalue weighted by Crippen LogP contribution is -2.23. The summed E-state index contributed by atoms with van der Waals surface area (Å²) in [7, 11) is 1.54. The first kappa shape index (κ1) is 23.5. The van der Waals surface area contributed by atoms with E-state index >= 15 is 0 Å². The Morgan fingerprint density at radius 3 is 2.61 bits per heavy atom. The third kappa shape index (κ3) is 4.40. The Labute approximate surface area is 210 Å². The molecule has 3 aromatic rings. The molecule has 6 atom stereocenters. The maximum atomic E-state index is 13.2. The zero-order chi connectivity index (χ0) is 24.8. The van der Waals surface area contributed by atoms with Crippen LogP contribution in [0, 0.1) is 17.8 Å². The highest BCUT2D eigenvalue weighted by molar-refractivity contribution is 6.14. The van der Waals surface area contributed by atoms with Gasteiger partial charge in [-0.15, -0.1) is 0 Å². The number of rotatable bonds is 7. The van der Waals surface area contributed by atoms with Crippen LogP contribution in [-0.2, 0) is 6.42 Å². The second-order valence-corrected chi connectivity index (χ2v) is 10.8. The monoisotopic (exact) mass is 487 g/mol. The molecule has 188 valence electrons. The molecule has 0 amide bonds. The van der Waals surface area contributed by atoms with Gasteiger partial charge in [0.1, 0.15) is 18.0 Å². The number of Topliss-reactive ketones (excluding diaryl/α,β-unsaturated/α-hetero) is 1. The Bertz CT molecular complexity index is 1280. The molecule has 0 spiro atoms. The van der Waals surface area contributed by atoms with Crippen molar-refractivity contribution in [3.05, 3.63) is 53.9 Å². The molecular formula is C29H33N3O4. The number of fused-ring (bicyclic) bond motifs is 2. The molecule has 7 heteroatoms. The average Bonchev–Trinajstić information content (AvgIpc) is 3.49. The fourth-order valence-electron chi connectivity index (χ4n) is 6.52. The maximum Gasteiger partial charge on any atom is 0.188 e. The zero-order valence-corrected chi connectivity index (χ0v) is 20.6. The van der Waals surface area contributed by atoms with Crippen LogP contribution < -0.4 is 10.1 Å². The molecule has 0 radical (unpaired) electrons. The summed E-state index contributed by atoms with van der Waals surface area (Å²) in [6.45, 7) is 0. The summed E-state index contributed by atoms with van der Waals surface area (Å²) in [5, 5.41) is 23.2. The molecule has 3 N–H and O–H groups in total. The van der Waals surface area contributed by atoms with E-state index in [0.717, 1.165) is 36.7 Å². The molecule has 6 unspecified atom stereocenters. The molecule has 2 aliphatic carbocycles. The highest BCUT2D eigenvalue weighted by Gasteiger charge is 2.43. The van der Waals surface area contributed by atoms with Crippen LogP contribution in [0.1, 0.15) is 54.4 Å². The summed E-state index contributed by atoms with van der Waals surface area (Å²) in [4.78, 5) is 22.2. The molecule has 2 saturated carbocycles. The van der Waals surface area contributed by atoms with Crippen molar-refractivity contribution in [1.29, 1.82) is 0 Å². The van der Waals surface area contributed by atoms with Crippen molar-refractivity contribution in [2.45, 2.75) is 63.3 Å². The number of aliphatic hydroxyl groups excluding tert-OH is 2. The zero-order valence-electron chi connectivity index (χ0n) is 20.6.